The number of thiocarbonyl (C=S) groups is 1. The SMILES string of the molecule is CCCCNC(=S)NNC(=O)c1sc(-c2ccccc2)nc1-c1ccccc1. The lowest BCUT2D eigenvalue weighted by atomic mass is 10.1. The summed E-state index contributed by atoms with van der Waals surface area (Å²) >= 11 is 6.56. The summed E-state index contributed by atoms with van der Waals surface area (Å²) < 4.78 is 0. The molecule has 3 aromatic rings. The van der Waals surface area contributed by atoms with Crippen molar-refractivity contribution in [3.8, 4) is 21.8 Å². The van der Waals surface area contributed by atoms with Crippen LogP contribution < -0.4 is 16.2 Å². The number of hydrazine groups is 1. The van der Waals surface area contributed by atoms with E-state index in [1.165, 1.54) is 11.3 Å². The Kier molecular flexibility index (Phi) is 7.11. The molecule has 5 nitrogen and oxygen atoms in total. The van der Waals surface area contributed by atoms with Crippen molar-refractivity contribution >= 4 is 34.6 Å². The van der Waals surface area contributed by atoms with Crippen LogP contribution in [0.15, 0.2) is 60.7 Å². The van der Waals surface area contributed by atoms with Gasteiger partial charge in [-0.15, -0.1) is 11.3 Å². The zero-order valence-corrected chi connectivity index (χ0v) is 17.2. The van der Waals surface area contributed by atoms with Crippen LogP contribution in [0.4, 0.5) is 0 Å². The molecule has 0 aliphatic heterocycles. The minimum Gasteiger partial charge on any atom is -0.361 e. The van der Waals surface area contributed by atoms with Gasteiger partial charge >= 0.3 is 0 Å². The summed E-state index contributed by atoms with van der Waals surface area (Å²) in [5.41, 5.74) is 7.98. The van der Waals surface area contributed by atoms with Crippen LogP contribution in [0.3, 0.4) is 0 Å². The molecule has 0 unspecified atom stereocenters. The third kappa shape index (κ3) is 5.15. The van der Waals surface area contributed by atoms with Crippen molar-refractivity contribution < 1.29 is 4.79 Å². The highest BCUT2D eigenvalue weighted by Gasteiger charge is 2.20. The molecule has 7 heteroatoms. The number of nitrogens with zero attached hydrogens (tertiary/aromatic N) is 1. The normalized spacial score (nSPS) is 10.3. The molecule has 0 saturated heterocycles. The molecule has 0 bridgehead atoms. The molecule has 0 atom stereocenters. The van der Waals surface area contributed by atoms with E-state index in [2.05, 4.69) is 23.1 Å². The molecule has 0 radical (unpaired) electrons. The Labute approximate surface area is 174 Å². The summed E-state index contributed by atoms with van der Waals surface area (Å²) in [6, 6.07) is 19.6. The third-order valence-corrected chi connectivity index (χ3v) is 5.36. The number of nitrogens with one attached hydrogen (secondary N) is 3. The maximum absolute atomic E-state index is 12.8. The van der Waals surface area contributed by atoms with Crippen molar-refractivity contribution in [2.24, 2.45) is 0 Å². The molecule has 0 fully saturated rings. The molecule has 0 spiro atoms. The molecule has 3 rings (SSSR count). The Hall–Kier alpha value is -2.77. The van der Waals surface area contributed by atoms with Crippen LogP contribution in [0, 0.1) is 0 Å². The number of carbonyl (C=O) groups is 1. The molecule has 0 saturated carbocycles. The average Bonchev–Trinajstić information content (AvgIpc) is 3.19. The Balaban J connectivity index is 1.81. The third-order valence-electron chi connectivity index (χ3n) is 4.01. The number of hydrogen-bond donors (Lipinski definition) is 3. The lowest BCUT2D eigenvalue weighted by Gasteiger charge is -2.11. The van der Waals surface area contributed by atoms with Gasteiger partial charge in [0.1, 0.15) is 9.88 Å². The summed E-state index contributed by atoms with van der Waals surface area (Å²) in [7, 11) is 0. The summed E-state index contributed by atoms with van der Waals surface area (Å²) in [6.07, 6.45) is 2.09. The van der Waals surface area contributed by atoms with Crippen molar-refractivity contribution in [2.45, 2.75) is 19.8 Å². The first-order valence-corrected chi connectivity index (χ1v) is 10.4. The zero-order valence-electron chi connectivity index (χ0n) is 15.6. The highest BCUT2D eigenvalue weighted by molar-refractivity contribution is 7.80. The van der Waals surface area contributed by atoms with Gasteiger partial charge in [0.05, 0.1) is 5.69 Å². The van der Waals surface area contributed by atoms with E-state index in [-0.39, 0.29) is 5.91 Å². The summed E-state index contributed by atoms with van der Waals surface area (Å²) in [6.45, 7) is 2.88. The first-order valence-electron chi connectivity index (χ1n) is 9.15. The highest BCUT2D eigenvalue weighted by Crippen LogP contribution is 2.33. The van der Waals surface area contributed by atoms with Crippen LogP contribution >= 0.6 is 23.6 Å². The maximum atomic E-state index is 12.8. The van der Waals surface area contributed by atoms with Gasteiger partial charge < -0.3 is 5.32 Å². The highest BCUT2D eigenvalue weighted by atomic mass is 32.1. The van der Waals surface area contributed by atoms with E-state index in [9.17, 15) is 4.79 Å². The predicted octanol–water partition coefficient (Wildman–Crippen LogP) is 4.39. The summed E-state index contributed by atoms with van der Waals surface area (Å²) in [5.74, 6) is -0.266. The first kappa shape index (κ1) is 20.0. The fourth-order valence-electron chi connectivity index (χ4n) is 2.56. The maximum Gasteiger partial charge on any atom is 0.282 e. The molecular weight excluding hydrogens is 388 g/mol. The van der Waals surface area contributed by atoms with Crippen LogP contribution in [0.2, 0.25) is 0 Å². The van der Waals surface area contributed by atoms with Crippen molar-refractivity contribution in [3.05, 3.63) is 65.5 Å². The molecular formula is C21H22N4OS2. The number of hydrogen-bond acceptors (Lipinski definition) is 4. The van der Waals surface area contributed by atoms with Crippen LogP contribution in [0.25, 0.3) is 21.8 Å². The van der Waals surface area contributed by atoms with Gasteiger partial charge in [0, 0.05) is 17.7 Å². The Morgan fingerprint density at radius 2 is 1.64 bits per heavy atom. The molecule has 144 valence electrons. The van der Waals surface area contributed by atoms with Gasteiger partial charge in [-0.2, -0.15) is 0 Å². The monoisotopic (exact) mass is 410 g/mol. The quantitative estimate of drug-likeness (QED) is 0.320. The number of thiazole rings is 1. The molecule has 1 heterocycles. The zero-order chi connectivity index (χ0) is 19.8. The topological polar surface area (TPSA) is 66.0 Å². The molecule has 0 aliphatic carbocycles. The molecule has 1 amide bonds. The van der Waals surface area contributed by atoms with E-state index < -0.39 is 0 Å². The second-order valence-electron chi connectivity index (χ2n) is 6.12. The molecule has 1 aromatic heterocycles. The molecule has 3 N–H and O–H groups in total. The second-order valence-corrected chi connectivity index (χ2v) is 7.52. The van der Waals surface area contributed by atoms with Crippen molar-refractivity contribution in [2.75, 3.05) is 6.54 Å². The van der Waals surface area contributed by atoms with E-state index in [0.29, 0.717) is 15.7 Å². The number of benzene rings is 2. The van der Waals surface area contributed by atoms with Crippen molar-refractivity contribution in [3.63, 3.8) is 0 Å². The van der Waals surface area contributed by atoms with E-state index in [1.54, 1.807) is 0 Å². The number of amides is 1. The van der Waals surface area contributed by atoms with Crippen LogP contribution in [-0.4, -0.2) is 22.5 Å². The smallest absolute Gasteiger partial charge is 0.282 e. The Morgan fingerprint density at radius 3 is 2.29 bits per heavy atom. The van der Waals surface area contributed by atoms with Crippen LogP contribution in [0.5, 0.6) is 0 Å². The lowest BCUT2D eigenvalue weighted by molar-refractivity contribution is 0.0948. The summed E-state index contributed by atoms with van der Waals surface area (Å²) in [5, 5.41) is 4.26. The van der Waals surface area contributed by atoms with Crippen LogP contribution in [-0.2, 0) is 0 Å². The van der Waals surface area contributed by atoms with Gasteiger partial charge in [-0.1, -0.05) is 74.0 Å². The van der Waals surface area contributed by atoms with E-state index in [4.69, 9.17) is 17.2 Å². The van der Waals surface area contributed by atoms with Gasteiger partial charge in [-0.3, -0.25) is 15.6 Å². The minimum atomic E-state index is -0.266. The van der Waals surface area contributed by atoms with E-state index in [0.717, 1.165) is 35.5 Å². The van der Waals surface area contributed by atoms with E-state index >= 15 is 0 Å². The lowest BCUT2D eigenvalue weighted by Crippen LogP contribution is -2.46. The van der Waals surface area contributed by atoms with Crippen molar-refractivity contribution in [1.82, 2.24) is 21.2 Å². The van der Waals surface area contributed by atoms with Gasteiger partial charge in [-0.25, -0.2) is 4.98 Å². The number of rotatable bonds is 6. The first-order chi connectivity index (χ1) is 13.7. The summed E-state index contributed by atoms with van der Waals surface area (Å²) in [4.78, 5) is 18.1. The second kappa shape index (κ2) is 9.96. The molecule has 0 aliphatic rings. The minimum absolute atomic E-state index is 0.266. The fourth-order valence-corrected chi connectivity index (χ4v) is 3.70. The fraction of sp³-hybridized carbons (Fsp3) is 0.190. The number of carbonyl (C=O) groups excluding carboxylic acids is 1. The number of unbranched alkanes of at least 4 members (excludes halogenated alkanes) is 1. The van der Waals surface area contributed by atoms with Gasteiger partial charge in [0.25, 0.3) is 5.91 Å². The van der Waals surface area contributed by atoms with Gasteiger partial charge in [0.15, 0.2) is 5.11 Å². The predicted molar refractivity (Wildman–Crippen MR) is 119 cm³/mol. The van der Waals surface area contributed by atoms with E-state index in [1.807, 2.05) is 60.7 Å². The number of aromatic nitrogens is 1. The van der Waals surface area contributed by atoms with Gasteiger partial charge in [0.2, 0.25) is 0 Å². The standard InChI is InChI=1S/C21H22N4OS2/c1-2-3-14-22-21(27)25-24-19(26)18-17(15-10-6-4-7-11-15)23-20(28-18)16-12-8-5-9-13-16/h4-13H,2-3,14H2,1H3,(H,24,26)(H2,22,25,27). The molecule has 28 heavy (non-hydrogen) atoms. The Bertz CT molecular complexity index is 926. The average molecular weight is 411 g/mol. The Morgan fingerprint density at radius 1 is 1.00 bits per heavy atom. The van der Waals surface area contributed by atoms with Gasteiger partial charge in [-0.05, 0) is 18.6 Å². The largest absolute Gasteiger partial charge is 0.361 e. The molecule has 2 aromatic carbocycles. The van der Waals surface area contributed by atoms with Crippen LogP contribution in [0.1, 0.15) is 29.4 Å². The van der Waals surface area contributed by atoms with Crippen molar-refractivity contribution in [1.29, 1.82) is 0 Å².